The molecular formula is C12H17NO4S. The molecule has 1 aliphatic rings. The fraction of sp³-hybridized carbons (Fsp3) is 0.500. The summed E-state index contributed by atoms with van der Waals surface area (Å²) in [7, 11) is -3.12. The van der Waals surface area contributed by atoms with Crippen molar-refractivity contribution in [1.82, 2.24) is 4.72 Å². The Morgan fingerprint density at radius 1 is 1.22 bits per heavy atom. The summed E-state index contributed by atoms with van der Waals surface area (Å²) in [5.74, 6) is 1.50. The average molecular weight is 271 g/mol. The van der Waals surface area contributed by atoms with Crippen molar-refractivity contribution in [1.29, 1.82) is 0 Å². The number of nitrogens with one attached hydrogen (secondary N) is 1. The molecule has 1 N–H and O–H groups in total. The first kappa shape index (κ1) is 13.2. The lowest BCUT2D eigenvalue weighted by atomic mass is 10.1. The highest BCUT2D eigenvalue weighted by molar-refractivity contribution is 7.88. The molecule has 0 amide bonds. The van der Waals surface area contributed by atoms with E-state index in [4.69, 9.17) is 9.47 Å². The van der Waals surface area contributed by atoms with Crippen molar-refractivity contribution >= 4 is 10.0 Å². The van der Waals surface area contributed by atoms with E-state index in [1.54, 1.807) is 0 Å². The van der Waals surface area contributed by atoms with Crippen LogP contribution in [0.5, 0.6) is 11.5 Å². The molecule has 0 unspecified atom stereocenters. The van der Waals surface area contributed by atoms with Crippen LogP contribution in [-0.2, 0) is 16.4 Å². The topological polar surface area (TPSA) is 64.6 Å². The molecule has 1 heterocycles. The Bertz CT molecular complexity index is 513. The lowest BCUT2D eigenvalue weighted by Gasteiger charge is -2.09. The van der Waals surface area contributed by atoms with Crippen LogP contribution in [0, 0.1) is 0 Å². The molecule has 0 saturated carbocycles. The summed E-state index contributed by atoms with van der Waals surface area (Å²) in [5.41, 5.74) is 1.02. The molecule has 18 heavy (non-hydrogen) atoms. The maximum atomic E-state index is 10.9. The van der Waals surface area contributed by atoms with Crippen molar-refractivity contribution in [3.63, 3.8) is 0 Å². The molecule has 1 aromatic carbocycles. The second-order valence-corrected chi connectivity index (χ2v) is 6.08. The van der Waals surface area contributed by atoms with Crippen molar-refractivity contribution in [2.45, 2.75) is 12.8 Å². The summed E-state index contributed by atoms with van der Waals surface area (Å²) in [4.78, 5) is 0. The van der Waals surface area contributed by atoms with Crippen LogP contribution in [0.15, 0.2) is 18.2 Å². The summed E-state index contributed by atoms with van der Waals surface area (Å²) in [5, 5.41) is 0. The molecule has 0 fully saturated rings. The van der Waals surface area contributed by atoms with Crippen LogP contribution in [0.1, 0.15) is 12.0 Å². The van der Waals surface area contributed by atoms with E-state index in [0.29, 0.717) is 26.2 Å². The third-order valence-electron chi connectivity index (χ3n) is 2.59. The predicted octanol–water partition coefficient (Wildman–Crippen LogP) is 0.940. The van der Waals surface area contributed by atoms with Gasteiger partial charge in [0.15, 0.2) is 11.5 Å². The van der Waals surface area contributed by atoms with Crippen LogP contribution in [0.4, 0.5) is 0 Å². The van der Waals surface area contributed by atoms with Gasteiger partial charge < -0.3 is 9.47 Å². The van der Waals surface area contributed by atoms with Gasteiger partial charge in [0.2, 0.25) is 10.0 Å². The summed E-state index contributed by atoms with van der Waals surface area (Å²) in [6, 6.07) is 5.71. The lowest BCUT2D eigenvalue weighted by molar-refractivity contribution is 0.297. The molecule has 2 rings (SSSR count). The molecule has 6 heteroatoms. The Morgan fingerprint density at radius 2 is 1.94 bits per heavy atom. The van der Waals surface area contributed by atoms with Gasteiger partial charge in [-0.15, -0.1) is 0 Å². The molecular weight excluding hydrogens is 254 g/mol. The molecule has 0 atom stereocenters. The zero-order valence-corrected chi connectivity index (χ0v) is 11.1. The number of hydrogen-bond donors (Lipinski definition) is 1. The van der Waals surface area contributed by atoms with Gasteiger partial charge in [0.05, 0.1) is 19.5 Å². The van der Waals surface area contributed by atoms with Crippen molar-refractivity contribution in [2.75, 3.05) is 26.0 Å². The SMILES string of the molecule is CS(=O)(=O)NCCc1ccc2c(c1)OCCCO2. The minimum atomic E-state index is -3.12. The number of rotatable bonds is 4. The minimum Gasteiger partial charge on any atom is -0.490 e. The van der Waals surface area contributed by atoms with Gasteiger partial charge in [-0.1, -0.05) is 6.07 Å². The van der Waals surface area contributed by atoms with E-state index in [9.17, 15) is 8.42 Å². The summed E-state index contributed by atoms with van der Waals surface area (Å²) >= 11 is 0. The first-order valence-corrected chi connectivity index (χ1v) is 7.77. The highest BCUT2D eigenvalue weighted by Crippen LogP contribution is 2.30. The van der Waals surface area contributed by atoms with Gasteiger partial charge in [0.25, 0.3) is 0 Å². The first-order valence-electron chi connectivity index (χ1n) is 5.88. The van der Waals surface area contributed by atoms with Gasteiger partial charge >= 0.3 is 0 Å². The van der Waals surface area contributed by atoms with Crippen LogP contribution in [0.2, 0.25) is 0 Å². The Kier molecular flexibility index (Phi) is 4.08. The highest BCUT2D eigenvalue weighted by atomic mass is 32.2. The van der Waals surface area contributed by atoms with Crippen molar-refractivity contribution in [2.24, 2.45) is 0 Å². The second kappa shape index (κ2) is 5.58. The molecule has 100 valence electrons. The zero-order valence-electron chi connectivity index (χ0n) is 10.3. The quantitative estimate of drug-likeness (QED) is 0.885. The highest BCUT2D eigenvalue weighted by Gasteiger charge is 2.10. The molecule has 0 spiro atoms. The van der Waals surface area contributed by atoms with Crippen LogP contribution in [-0.4, -0.2) is 34.4 Å². The smallest absolute Gasteiger partial charge is 0.208 e. The van der Waals surface area contributed by atoms with Gasteiger partial charge in [0.1, 0.15) is 0 Å². The Balaban J connectivity index is 2.00. The Labute approximate surface area is 107 Å². The van der Waals surface area contributed by atoms with E-state index in [1.165, 1.54) is 0 Å². The van der Waals surface area contributed by atoms with E-state index in [2.05, 4.69) is 4.72 Å². The van der Waals surface area contributed by atoms with E-state index < -0.39 is 10.0 Å². The lowest BCUT2D eigenvalue weighted by Crippen LogP contribution is -2.24. The largest absolute Gasteiger partial charge is 0.490 e. The van der Waals surface area contributed by atoms with Crippen molar-refractivity contribution in [3.8, 4) is 11.5 Å². The maximum Gasteiger partial charge on any atom is 0.208 e. The Morgan fingerprint density at radius 3 is 2.67 bits per heavy atom. The fourth-order valence-corrected chi connectivity index (χ4v) is 2.22. The number of hydrogen-bond acceptors (Lipinski definition) is 4. The molecule has 0 aliphatic carbocycles. The second-order valence-electron chi connectivity index (χ2n) is 4.25. The first-order chi connectivity index (χ1) is 8.54. The standard InChI is InChI=1S/C12H17NO4S/c1-18(14,15)13-6-5-10-3-4-11-12(9-10)17-8-2-7-16-11/h3-4,9,13H,2,5-8H2,1H3. The average Bonchev–Trinajstić information content (AvgIpc) is 2.51. The third kappa shape index (κ3) is 3.89. The number of benzene rings is 1. The summed E-state index contributed by atoms with van der Waals surface area (Å²) < 4.78 is 35.4. The molecule has 0 saturated heterocycles. The molecule has 0 bridgehead atoms. The molecule has 0 radical (unpaired) electrons. The van der Waals surface area contributed by atoms with Crippen molar-refractivity contribution < 1.29 is 17.9 Å². The molecule has 0 aromatic heterocycles. The monoisotopic (exact) mass is 271 g/mol. The predicted molar refractivity (Wildman–Crippen MR) is 68.6 cm³/mol. The van der Waals surface area contributed by atoms with Gasteiger partial charge in [0, 0.05) is 13.0 Å². The van der Waals surface area contributed by atoms with Gasteiger partial charge in [-0.25, -0.2) is 13.1 Å². The van der Waals surface area contributed by atoms with Crippen LogP contribution < -0.4 is 14.2 Å². The van der Waals surface area contributed by atoms with Crippen LogP contribution in [0.25, 0.3) is 0 Å². The van der Waals surface area contributed by atoms with Gasteiger partial charge in [-0.3, -0.25) is 0 Å². The normalized spacial score (nSPS) is 15.2. The number of fused-ring (bicyclic) bond motifs is 1. The number of ether oxygens (including phenoxy) is 2. The Hall–Kier alpha value is -1.27. The third-order valence-corrected chi connectivity index (χ3v) is 3.32. The van der Waals surface area contributed by atoms with E-state index >= 15 is 0 Å². The van der Waals surface area contributed by atoms with Crippen LogP contribution in [0.3, 0.4) is 0 Å². The van der Waals surface area contributed by atoms with E-state index in [-0.39, 0.29) is 0 Å². The van der Waals surface area contributed by atoms with E-state index in [0.717, 1.165) is 29.7 Å². The maximum absolute atomic E-state index is 10.9. The minimum absolute atomic E-state index is 0.387. The fourth-order valence-electron chi connectivity index (χ4n) is 1.74. The molecule has 1 aromatic rings. The number of sulfonamides is 1. The zero-order chi connectivity index (χ0) is 13.0. The van der Waals surface area contributed by atoms with Gasteiger partial charge in [-0.2, -0.15) is 0 Å². The van der Waals surface area contributed by atoms with Gasteiger partial charge in [-0.05, 0) is 24.1 Å². The van der Waals surface area contributed by atoms with Crippen molar-refractivity contribution in [3.05, 3.63) is 23.8 Å². The summed E-state index contributed by atoms with van der Waals surface area (Å²) in [6.07, 6.45) is 2.66. The molecule has 1 aliphatic heterocycles. The molecule has 5 nitrogen and oxygen atoms in total. The van der Waals surface area contributed by atoms with Crippen LogP contribution >= 0.6 is 0 Å². The van der Waals surface area contributed by atoms with E-state index in [1.807, 2.05) is 18.2 Å². The summed E-state index contributed by atoms with van der Waals surface area (Å²) in [6.45, 7) is 1.71.